The molecule has 2 aliphatic carbocycles. The number of aliphatic hydroxyl groups is 5. The highest BCUT2D eigenvalue weighted by Gasteiger charge is 2.52. The second kappa shape index (κ2) is 18.1. The number of hydrogen-bond acceptors (Lipinski definition) is 12. The number of carboxylic acid groups (broad SMARTS) is 1. The number of aliphatic hydroxyl groups excluding tert-OH is 5. The van der Waals surface area contributed by atoms with Crippen LogP contribution < -0.4 is 0 Å². The zero-order chi connectivity index (χ0) is 35.1. The maximum Gasteiger partial charge on any atom is 0.332 e. The summed E-state index contributed by atoms with van der Waals surface area (Å²) in [5.41, 5.74) is 0.832. The molecule has 0 unspecified atom stereocenters. The fourth-order valence-electron chi connectivity index (χ4n) is 7.83. The van der Waals surface area contributed by atoms with E-state index in [0.717, 1.165) is 56.9 Å². The van der Waals surface area contributed by atoms with E-state index in [1.807, 2.05) is 37.3 Å². The number of carbonyl (C=O) groups is 1. The van der Waals surface area contributed by atoms with Crippen LogP contribution in [0.2, 0.25) is 0 Å². The van der Waals surface area contributed by atoms with Crippen LogP contribution in [0, 0.1) is 11.8 Å². The lowest BCUT2D eigenvalue weighted by atomic mass is 9.82. The third-order valence-electron chi connectivity index (χ3n) is 10.8. The summed E-state index contributed by atoms with van der Waals surface area (Å²) in [6.07, 6.45) is -6.62. The minimum absolute atomic E-state index is 0.0145. The molecule has 5 rings (SSSR count). The summed E-state index contributed by atoms with van der Waals surface area (Å²) in [5.74, 6) is -0.968. The molecule has 0 aromatic heterocycles. The molecule has 0 amide bonds. The van der Waals surface area contributed by atoms with Crippen molar-refractivity contribution in [1.29, 1.82) is 0 Å². The van der Waals surface area contributed by atoms with Crippen molar-refractivity contribution in [2.24, 2.45) is 11.8 Å². The Kier molecular flexibility index (Phi) is 14.2. The van der Waals surface area contributed by atoms with Crippen LogP contribution in [0.3, 0.4) is 0 Å². The van der Waals surface area contributed by atoms with Crippen molar-refractivity contribution < 1.29 is 63.9 Å². The van der Waals surface area contributed by atoms with Gasteiger partial charge in [0.1, 0.15) is 42.7 Å². The smallest absolute Gasteiger partial charge is 0.332 e. The molecule has 13 nitrogen and oxygen atoms in total. The third kappa shape index (κ3) is 9.58. The van der Waals surface area contributed by atoms with E-state index in [4.69, 9.17) is 28.4 Å². The second-order valence-corrected chi connectivity index (χ2v) is 14.2. The van der Waals surface area contributed by atoms with E-state index in [9.17, 15) is 35.4 Å². The van der Waals surface area contributed by atoms with Gasteiger partial charge < -0.3 is 59.1 Å². The van der Waals surface area contributed by atoms with Crippen LogP contribution in [0.15, 0.2) is 30.3 Å². The van der Waals surface area contributed by atoms with Gasteiger partial charge in [-0.15, -0.1) is 0 Å². The van der Waals surface area contributed by atoms with Gasteiger partial charge >= 0.3 is 5.97 Å². The van der Waals surface area contributed by atoms with Crippen molar-refractivity contribution in [2.75, 3.05) is 6.61 Å². The topological polar surface area (TPSA) is 194 Å². The molecule has 2 saturated carbocycles. The molecule has 2 aliphatic heterocycles. The summed E-state index contributed by atoms with van der Waals surface area (Å²) in [6, 6.07) is 9.37. The average Bonchev–Trinajstić information content (AvgIpc) is 3.11. The molecular formula is C36H56O13. The molecule has 2 heterocycles. The van der Waals surface area contributed by atoms with E-state index >= 15 is 0 Å². The number of ether oxygens (including phenoxy) is 6. The number of aliphatic carboxylic acids is 1. The summed E-state index contributed by atoms with van der Waals surface area (Å²) in [7, 11) is 0. The monoisotopic (exact) mass is 696 g/mol. The zero-order valence-electron chi connectivity index (χ0n) is 28.6. The summed E-state index contributed by atoms with van der Waals surface area (Å²) in [5, 5.41) is 63.4. The van der Waals surface area contributed by atoms with Gasteiger partial charge in [0, 0.05) is 0 Å². The quantitative estimate of drug-likeness (QED) is 0.166. The zero-order valence-corrected chi connectivity index (χ0v) is 28.6. The minimum Gasteiger partial charge on any atom is -0.479 e. The van der Waals surface area contributed by atoms with Crippen molar-refractivity contribution in [1.82, 2.24) is 0 Å². The highest BCUT2D eigenvalue weighted by atomic mass is 16.7. The molecule has 278 valence electrons. The number of benzene rings is 1. The lowest BCUT2D eigenvalue weighted by Gasteiger charge is -2.48. The molecule has 2 saturated heterocycles. The molecule has 0 bridgehead atoms. The molecule has 0 radical (unpaired) electrons. The van der Waals surface area contributed by atoms with Crippen LogP contribution in [0.5, 0.6) is 0 Å². The molecule has 0 spiro atoms. The summed E-state index contributed by atoms with van der Waals surface area (Å²) < 4.78 is 37.6. The number of carboxylic acids is 1. The van der Waals surface area contributed by atoms with Gasteiger partial charge in [-0.1, -0.05) is 82.2 Å². The molecule has 14 atom stereocenters. The molecule has 4 fully saturated rings. The molecular weight excluding hydrogens is 640 g/mol. The van der Waals surface area contributed by atoms with Crippen LogP contribution in [-0.4, -0.2) is 123 Å². The number of hydrogen-bond donors (Lipinski definition) is 6. The first-order valence-electron chi connectivity index (χ1n) is 18.1. The predicted octanol–water partition coefficient (Wildman–Crippen LogP) is 2.27. The molecule has 1 aromatic rings. The van der Waals surface area contributed by atoms with E-state index in [-0.39, 0.29) is 18.4 Å². The van der Waals surface area contributed by atoms with Crippen LogP contribution in [0.25, 0.3) is 0 Å². The Balaban J connectivity index is 1.41. The highest BCUT2D eigenvalue weighted by Crippen LogP contribution is 2.38. The predicted molar refractivity (Wildman–Crippen MR) is 174 cm³/mol. The SMILES string of the molecule is CC[C@H]1CCC[C@@H](O[C@@H]2O[C@H](CO)[C@H](O)[C@H](O[C@@H](CC3CCCCC3)C(=O)O)[C@H]2OCc2ccccc2)[C@@H]1O[C@@H]1O[C@@H](C)[C@@H](O)[C@@H](O)[C@@H]1O. The summed E-state index contributed by atoms with van der Waals surface area (Å²) in [4.78, 5) is 12.5. The Bertz CT molecular complexity index is 1140. The van der Waals surface area contributed by atoms with Crippen molar-refractivity contribution in [3.8, 4) is 0 Å². The third-order valence-corrected chi connectivity index (χ3v) is 10.8. The van der Waals surface area contributed by atoms with Crippen LogP contribution >= 0.6 is 0 Å². The first kappa shape index (κ1) is 38.5. The van der Waals surface area contributed by atoms with Gasteiger partial charge in [0.15, 0.2) is 18.7 Å². The van der Waals surface area contributed by atoms with Gasteiger partial charge in [-0.2, -0.15) is 0 Å². The lowest BCUT2D eigenvalue weighted by Crippen LogP contribution is -2.63. The lowest BCUT2D eigenvalue weighted by molar-refractivity contribution is -0.354. The largest absolute Gasteiger partial charge is 0.479 e. The van der Waals surface area contributed by atoms with E-state index in [2.05, 4.69) is 0 Å². The van der Waals surface area contributed by atoms with Crippen molar-refractivity contribution >= 4 is 5.97 Å². The van der Waals surface area contributed by atoms with Gasteiger partial charge in [-0.3, -0.25) is 0 Å². The fraction of sp³-hybridized carbons (Fsp3) is 0.806. The minimum atomic E-state index is -1.50. The molecule has 6 N–H and O–H groups in total. The van der Waals surface area contributed by atoms with Gasteiger partial charge in [-0.25, -0.2) is 4.79 Å². The Morgan fingerprint density at radius 1 is 0.837 bits per heavy atom. The van der Waals surface area contributed by atoms with E-state index in [0.29, 0.717) is 12.8 Å². The van der Waals surface area contributed by atoms with Gasteiger partial charge in [0.05, 0.1) is 31.5 Å². The van der Waals surface area contributed by atoms with Gasteiger partial charge in [0.25, 0.3) is 0 Å². The first-order valence-corrected chi connectivity index (χ1v) is 18.1. The van der Waals surface area contributed by atoms with Gasteiger partial charge in [0.2, 0.25) is 0 Å². The average molecular weight is 697 g/mol. The van der Waals surface area contributed by atoms with Crippen molar-refractivity contribution in [3.63, 3.8) is 0 Å². The van der Waals surface area contributed by atoms with E-state index < -0.39 is 92.3 Å². The van der Waals surface area contributed by atoms with Crippen LogP contribution in [0.1, 0.15) is 83.6 Å². The first-order chi connectivity index (χ1) is 23.6. The van der Waals surface area contributed by atoms with Crippen molar-refractivity contribution in [3.05, 3.63) is 35.9 Å². The molecule has 13 heteroatoms. The Hall–Kier alpha value is -1.75. The maximum absolute atomic E-state index is 12.5. The standard InChI is InChI=1S/C36H56O13/c1-3-23-15-10-16-24(31(23)49-35-30(41)29(40)27(38)20(2)45-35)47-36-33(44-19-22-13-8-5-9-14-22)32(28(39)26(18-37)48-36)46-25(34(42)43)17-21-11-6-4-7-12-21/h5,8-9,13-14,20-21,23-33,35-41H,3-4,6-7,10-12,15-19H2,1-2H3,(H,42,43)/t20-,23-,24+,25-,26+,27+,28-,29+,30-,31+,32-,33+,35-,36+/m0/s1. The van der Waals surface area contributed by atoms with E-state index in [1.54, 1.807) is 6.92 Å². The fourth-order valence-corrected chi connectivity index (χ4v) is 7.83. The summed E-state index contributed by atoms with van der Waals surface area (Å²) in [6.45, 7) is 3.13. The van der Waals surface area contributed by atoms with E-state index in [1.165, 1.54) is 0 Å². The maximum atomic E-state index is 12.5. The Morgan fingerprint density at radius 2 is 1.57 bits per heavy atom. The molecule has 1 aromatic carbocycles. The van der Waals surface area contributed by atoms with Crippen LogP contribution in [-0.2, 0) is 39.8 Å². The molecule has 4 aliphatic rings. The molecule has 49 heavy (non-hydrogen) atoms. The number of rotatable bonds is 14. The normalized spacial score (nSPS) is 39.8. The van der Waals surface area contributed by atoms with Crippen molar-refractivity contribution in [2.45, 2.75) is 164 Å². The second-order valence-electron chi connectivity index (χ2n) is 14.2. The van der Waals surface area contributed by atoms with Gasteiger partial charge in [-0.05, 0) is 43.6 Å². The van der Waals surface area contributed by atoms with Crippen LogP contribution in [0.4, 0.5) is 0 Å². The summed E-state index contributed by atoms with van der Waals surface area (Å²) >= 11 is 0. The highest BCUT2D eigenvalue weighted by molar-refractivity contribution is 5.72. The Labute approximate surface area is 288 Å². The Morgan fingerprint density at radius 3 is 2.24 bits per heavy atom.